The molecule has 2 N–H and O–H groups in total. The lowest BCUT2D eigenvalue weighted by Gasteiger charge is -2.09. The van der Waals surface area contributed by atoms with Crippen LogP contribution in [0.15, 0.2) is 24.5 Å². The lowest BCUT2D eigenvalue weighted by molar-refractivity contribution is 0.101. The summed E-state index contributed by atoms with van der Waals surface area (Å²) in [4.78, 5) is 27.6. The molecule has 3 aromatic rings. The molecular formula is C18H20N6O2. The molecule has 0 atom stereocenters. The number of aromatic nitrogens is 5. The molecule has 0 saturated heterocycles. The average molecular weight is 352 g/mol. The normalized spacial score (nSPS) is 10.8. The van der Waals surface area contributed by atoms with E-state index in [2.05, 4.69) is 25.8 Å². The van der Waals surface area contributed by atoms with Gasteiger partial charge in [-0.25, -0.2) is 4.68 Å². The maximum Gasteiger partial charge on any atom is 0.272 e. The highest BCUT2D eigenvalue weighted by atomic mass is 16.2. The number of H-pyrrole nitrogens is 1. The van der Waals surface area contributed by atoms with Gasteiger partial charge in [0.2, 0.25) is 0 Å². The number of ketones is 1. The molecule has 0 aliphatic heterocycles. The van der Waals surface area contributed by atoms with Crippen LogP contribution in [0.5, 0.6) is 0 Å². The van der Waals surface area contributed by atoms with Crippen molar-refractivity contribution in [3.8, 4) is 5.69 Å². The molecule has 2 heterocycles. The Balaban J connectivity index is 1.88. The van der Waals surface area contributed by atoms with E-state index in [0.29, 0.717) is 29.1 Å². The largest absolute Gasteiger partial charge is 0.354 e. The van der Waals surface area contributed by atoms with Gasteiger partial charge in [0.25, 0.3) is 5.91 Å². The second-order valence-corrected chi connectivity index (χ2v) is 6.10. The predicted octanol–water partition coefficient (Wildman–Crippen LogP) is 2.62. The molecule has 2 aromatic heterocycles. The Morgan fingerprint density at radius 1 is 1.27 bits per heavy atom. The summed E-state index contributed by atoms with van der Waals surface area (Å²) in [6.07, 6.45) is 2.11. The van der Waals surface area contributed by atoms with E-state index in [1.807, 2.05) is 26.0 Å². The average Bonchev–Trinajstić information content (AvgIpc) is 3.22. The first kappa shape index (κ1) is 17.5. The van der Waals surface area contributed by atoms with Crippen LogP contribution in [0.1, 0.15) is 51.5 Å². The number of benzene rings is 1. The monoisotopic (exact) mass is 352 g/mol. The highest BCUT2D eigenvalue weighted by molar-refractivity contribution is 6.07. The van der Waals surface area contributed by atoms with Crippen LogP contribution in [0, 0.1) is 13.8 Å². The number of carbonyl (C=O) groups excluding carboxylic acids is 2. The van der Waals surface area contributed by atoms with E-state index in [0.717, 1.165) is 16.8 Å². The van der Waals surface area contributed by atoms with Crippen LogP contribution < -0.4 is 5.32 Å². The molecule has 1 aromatic carbocycles. The lowest BCUT2D eigenvalue weighted by atomic mass is 10.0. The number of nitrogens with zero attached hydrogens (tertiary/aromatic N) is 4. The molecule has 3 rings (SSSR count). The quantitative estimate of drug-likeness (QED) is 0.687. The van der Waals surface area contributed by atoms with E-state index < -0.39 is 0 Å². The van der Waals surface area contributed by atoms with Crippen LogP contribution in [0.3, 0.4) is 0 Å². The molecule has 0 saturated carbocycles. The van der Waals surface area contributed by atoms with Gasteiger partial charge in [0, 0.05) is 16.9 Å². The van der Waals surface area contributed by atoms with Gasteiger partial charge in [0.05, 0.1) is 5.69 Å². The van der Waals surface area contributed by atoms with Crippen molar-refractivity contribution in [2.24, 2.45) is 0 Å². The number of nitrogens with one attached hydrogen (secondary N) is 2. The van der Waals surface area contributed by atoms with Crippen LogP contribution in [0.25, 0.3) is 5.69 Å². The van der Waals surface area contributed by atoms with Crippen LogP contribution >= 0.6 is 0 Å². The summed E-state index contributed by atoms with van der Waals surface area (Å²) in [6, 6.07) is 5.47. The maximum atomic E-state index is 12.7. The molecule has 1 amide bonds. The number of tetrazole rings is 1. The standard InChI is InChI=1S/C18H20N6O2/c1-5-14-16(12(4)25)11(3)20-17(14)18(26)21-13-6-7-15(10(2)8-13)24-9-19-22-23-24/h6-9,20H,5H2,1-4H3,(H,21,26). The maximum absolute atomic E-state index is 12.7. The van der Waals surface area contributed by atoms with Crippen LogP contribution in [0.2, 0.25) is 0 Å². The molecule has 8 nitrogen and oxygen atoms in total. The van der Waals surface area contributed by atoms with Crippen molar-refractivity contribution >= 4 is 17.4 Å². The van der Waals surface area contributed by atoms with Gasteiger partial charge < -0.3 is 10.3 Å². The fourth-order valence-corrected chi connectivity index (χ4v) is 3.16. The first-order valence-electron chi connectivity index (χ1n) is 8.30. The highest BCUT2D eigenvalue weighted by Crippen LogP contribution is 2.23. The number of amides is 1. The van der Waals surface area contributed by atoms with E-state index in [1.54, 1.807) is 17.7 Å². The van der Waals surface area contributed by atoms with Gasteiger partial charge in [-0.3, -0.25) is 9.59 Å². The van der Waals surface area contributed by atoms with Crippen LogP contribution in [0.4, 0.5) is 5.69 Å². The Labute approximate surface area is 150 Å². The highest BCUT2D eigenvalue weighted by Gasteiger charge is 2.21. The van der Waals surface area contributed by atoms with Crippen molar-refractivity contribution in [2.75, 3.05) is 5.32 Å². The third kappa shape index (κ3) is 3.13. The van der Waals surface area contributed by atoms with Crippen LogP contribution in [-0.4, -0.2) is 36.9 Å². The van der Waals surface area contributed by atoms with Gasteiger partial charge >= 0.3 is 0 Å². The molecule has 134 valence electrons. The zero-order valence-electron chi connectivity index (χ0n) is 15.1. The van der Waals surface area contributed by atoms with Gasteiger partial charge in [0.1, 0.15) is 12.0 Å². The Morgan fingerprint density at radius 2 is 2.04 bits per heavy atom. The molecular weight excluding hydrogens is 332 g/mol. The SMILES string of the molecule is CCc1c(C(=O)Nc2ccc(-n3cnnn3)c(C)c2)[nH]c(C)c1C(C)=O. The number of Topliss-reactive ketones (excluding diaryl/α,β-unsaturated/α-hetero) is 1. The second kappa shape index (κ2) is 6.91. The summed E-state index contributed by atoms with van der Waals surface area (Å²) in [5, 5.41) is 14.0. The van der Waals surface area contributed by atoms with Crippen molar-refractivity contribution in [2.45, 2.75) is 34.1 Å². The number of hydrogen-bond acceptors (Lipinski definition) is 5. The first-order valence-corrected chi connectivity index (χ1v) is 8.30. The molecule has 0 radical (unpaired) electrons. The molecule has 0 unspecified atom stereocenters. The van der Waals surface area contributed by atoms with E-state index in [9.17, 15) is 9.59 Å². The number of aryl methyl sites for hydroxylation is 2. The summed E-state index contributed by atoms with van der Waals surface area (Å²) in [5.74, 6) is -0.316. The zero-order chi connectivity index (χ0) is 18.8. The second-order valence-electron chi connectivity index (χ2n) is 6.10. The molecule has 26 heavy (non-hydrogen) atoms. The van der Waals surface area contributed by atoms with Crippen molar-refractivity contribution in [1.82, 2.24) is 25.2 Å². The molecule has 0 bridgehead atoms. The molecule has 8 heteroatoms. The number of hydrogen-bond donors (Lipinski definition) is 2. The fraction of sp³-hybridized carbons (Fsp3) is 0.278. The lowest BCUT2D eigenvalue weighted by Crippen LogP contribution is -2.15. The Kier molecular flexibility index (Phi) is 4.66. The molecule has 0 spiro atoms. The number of aromatic amines is 1. The van der Waals surface area contributed by atoms with E-state index in [1.165, 1.54) is 13.3 Å². The summed E-state index contributed by atoms with van der Waals surface area (Å²) in [5.41, 5.74) is 4.89. The third-order valence-electron chi connectivity index (χ3n) is 4.27. The summed E-state index contributed by atoms with van der Waals surface area (Å²) in [7, 11) is 0. The molecule has 0 aliphatic carbocycles. The van der Waals surface area contributed by atoms with Crippen molar-refractivity contribution in [3.63, 3.8) is 0 Å². The van der Waals surface area contributed by atoms with Gasteiger partial charge in [-0.1, -0.05) is 6.92 Å². The van der Waals surface area contributed by atoms with Crippen molar-refractivity contribution in [3.05, 3.63) is 52.6 Å². The summed E-state index contributed by atoms with van der Waals surface area (Å²) < 4.78 is 1.56. The van der Waals surface area contributed by atoms with E-state index in [4.69, 9.17) is 0 Å². The number of carbonyl (C=O) groups is 2. The van der Waals surface area contributed by atoms with Gasteiger partial charge in [0.15, 0.2) is 5.78 Å². The van der Waals surface area contributed by atoms with Crippen molar-refractivity contribution < 1.29 is 9.59 Å². The van der Waals surface area contributed by atoms with E-state index in [-0.39, 0.29) is 11.7 Å². The zero-order valence-corrected chi connectivity index (χ0v) is 15.1. The number of anilines is 1. The third-order valence-corrected chi connectivity index (χ3v) is 4.27. The Hall–Kier alpha value is -3.29. The smallest absolute Gasteiger partial charge is 0.272 e. The number of rotatable bonds is 5. The summed E-state index contributed by atoms with van der Waals surface area (Å²) in [6.45, 7) is 7.16. The topological polar surface area (TPSA) is 106 Å². The molecule has 0 fully saturated rings. The molecule has 0 aliphatic rings. The minimum absolute atomic E-state index is 0.0451. The van der Waals surface area contributed by atoms with Crippen molar-refractivity contribution in [1.29, 1.82) is 0 Å². The van der Waals surface area contributed by atoms with E-state index >= 15 is 0 Å². The predicted molar refractivity (Wildman–Crippen MR) is 96.8 cm³/mol. The fourth-order valence-electron chi connectivity index (χ4n) is 3.16. The van der Waals surface area contributed by atoms with Gasteiger partial charge in [-0.15, -0.1) is 5.10 Å². The first-order chi connectivity index (χ1) is 12.4. The Bertz CT molecular complexity index is 972. The van der Waals surface area contributed by atoms with Gasteiger partial charge in [-0.05, 0) is 66.9 Å². The van der Waals surface area contributed by atoms with Gasteiger partial charge in [-0.2, -0.15) is 0 Å². The minimum atomic E-state index is -0.271. The summed E-state index contributed by atoms with van der Waals surface area (Å²) >= 11 is 0. The Morgan fingerprint density at radius 3 is 2.62 bits per heavy atom. The van der Waals surface area contributed by atoms with Crippen LogP contribution in [-0.2, 0) is 6.42 Å². The minimum Gasteiger partial charge on any atom is -0.354 e.